The summed E-state index contributed by atoms with van der Waals surface area (Å²) in [5, 5.41) is 6.57. The molecule has 1 heterocycles. The predicted molar refractivity (Wildman–Crippen MR) is 110 cm³/mol. The standard InChI is InChI=1S/C22H28N2O.ClH/c1-22(13-15-23-16-14-22)17-24-21(25)20-10-6-5-9-19(20)12-11-18-7-3-2-4-8-18;/h2-10,23H,11-17H2,1H3,(H,24,25);1H. The summed E-state index contributed by atoms with van der Waals surface area (Å²) in [6.07, 6.45) is 4.06. The van der Waals surface area contributed by atoms with Crippen LogP contribution in [0.3, 0.4) is 0 Å². The third kappa shape index (κ3) is 5.58. The molecule has 0 aliphatic carbocycles. The Balaban J connectivity index is 0.00000243. The second-order valence-corrected chi connectivity index (χ2v) is 7.39. The average molecular weight is 373 g/mol. The van der Waals surface area contributed by atoms with Crippen LogP contribution in [0.4, 0.5) is 0 Å². The normalized spacial score (nSPS) is 15.7. The van der Waals surface area contributed by atoms with Gasteiger partial charge in [0.15, 0.2) is 0 Å². The molecule has 1 amide bonds. The summed E-state index contributed by atoms with van der Waals surface area (Å²) in [6, 6.07) is 18.4. The molecule has 0 unspecified atom stereocenters. The van der Waals surface area contributed by atoms with E-state index in [1.165, 1.54) is 5.56 Å². The molecule has 0 bridgehead atoms. The molecule has 0 saturated carbocycles. The van der Waals surface area contributed by atoms with Crippen LogP contribution in [-0.2, 0) is 12.8 Å². The zero-order valence-electron chi connectivity index (χ0n) is 15.5. The van der Waals surface area contributed by atoms with Gasteiger partial charge in [-0.2, -0.15) is 0 Å². The third-order valence-corrected chi connectivity index (χ3v) is 5.27. The number of piperidine rings is 1. The lowest BCUT2D eigenvalue weighted by atomic mass is 9.81. The van der Waals surface area contributed by atoms with Gasteiger partial charge in [0.05, 0.1) is 0 Å². The Bertz CT molecular complexity index is 696. The van der Waals surface area contributed by atoms with E-state index in [4.69, 9.17) is 0 Å². The maximum absolute atomic E-state index is 12.7. The molecule has 0 radical (unpaired) electrons. The summed E-state index contributed by atoms with van der Waals surface area (Å²) >= 11 is 0. The highest BCUT2D eigenvalue weighted by Crippen LogP contribution is 2.26. The summed E-state index contributed by atoms with van der Waals surface area (Å²) in [6.45, 7) is 5.11. The number of amides is 1. The molecule has 1 saturated heterocycles. The zero-order valence-corrected chi connectivity index (χ0v) is 16.3. The van der Waals surface area contributed by atoms with Crippen molar-refractivity contribution in [3.63, 3.8) is 0 Å². The number of rotatable bonds is 6. The van der Waals surface area contributed by atoms with Crippen LogP contribution in [-0.4, -0.2) is 25.5 Å². The molecule has 0 aromatic heterocycles. The minimum absolute atomic E-state index is 0. The van der Waals surface area contributed by atoms with Gasteiger partial charge in [0.1, 0.15) is 0 Å². The Morgan fingerprint density at radius 1 is 1.00 bits per heavy atom. The van der Waals surface area contributed by atoms with Crippen molar-refractivity contribution in [3.8, 4) is 0 Å². The lowest BCUT2D eigenvalue weighted by Crippen LogP contribution is -2.43. The van der Waals surface area contributed by atoms with Gasteiger partial charge in [0.25, 0.3) is 5.91 Å². The Morgan fingerprint density at radius 2 is 1.65 bits per heavy atom. The first-order valence-electron chi connectivity index (χ1n) is 9.27. The summed E-state index contributed by atoms with van der Waals surface area (Å²) in [5.74, 6) is 0.0587. The maximum Gasteiger partial charge on any atom is 0.251 e. The number of nitrogens with one attached hydrogen (secondary N) is 2. The van der Waals surface area contributed by atoms with E-state index >= 15 is 0 Å². The van der Waals surface area contributed by atoms with E-state index in [1.807, 2.05) is 24.3 Å². The Labute approximate surface area is 163 Å². The summed E-state index contributed by atoms with van der Waals surface area (Å²) < 4.78 is 0. The lowest BCUT2D eigenvalue weighted by Gasteiger charge is -2.34. The van der Waals surface area contributed by atoms with Gasteiger partial charge < -0.3 is 10.6 Å². The van der Waals surface area contributed by atoms with E-state index in [0.29, 0.717) is 0 Å². The molecule has 140 valence electrons. The van der Waals surface area contributed by atoms with Crippen LogP contribution < -0.4 is 10.6 Å². The zero-order chi connectivity index (χ0) is 17.5. The molecule has 4 heteroatoms. The first-order valence-corrected chi connectivity index (χ1v) is 9.27. The van der Waals surface area contributed by atoms with E-state index in [2.05, 4.69) is 47.9 Å². The Kier molecular flexibility index (Phi) is 7.67. The molecule has 2 aromatic carbocycles. The molecular formula is C22H29ClN2O. The van der Waals surface area contributed by atoms with Crippen LogP contribution >= 0.6 is 12.4 Å². The largest absolute Gasteiger partial charge is 0.351 e. The maximum atomic E-state index is 12.7. The van der Waals surface area contributed by atoms with Gasteiger partial charge in [0, 0.05) is 12.1 Å². The molecule has 1 aliphatic heterocycles. The van der Waals surface area contributed by atoms with Gasteiger partial charge in [-0.25, -0.2) is 0 Å². The Hall–Kier alpha value is -1.84. The van der Waals surface area contributed by atoms with Crippen molar-refractivity contribution in [2.45, 2.75) is 32.6 Å². The van der Waals surface area contributed by atoms with Crippen LogP contribution in [0.5, 0.6) is 0 Å². The van der Waals surface area contributed by atoms with Gasteiger partial charge in [-0.1, -0.05) is 55.5 Å². The molecule has 2 aromatic rings. The van der Waals surface area contributed by atoms with Crippen molar-refractivity contribution in [1.82, 2.24) is 10.6 Å². The molecule has 26 heavy (non-hydrogen) atoms. The summed E-state index contributed by atoms with van der Waals surface area (Å²) in [4.78, 5) is 12.7. The van der Waals surface area contributed by atoms with Gasteiger partial charge in [-0.3, -0.25) is 4.79 Å². The number of carbonyl (C=O) groups excluding carboxylic acids is 1. The second kappa shape index (κ2) is 9.75. The SMILES string of the molecule is CC1(CNC(=O)c2ccccc2CCc2ccccc2)CCNCC1.Cl. The molecular weight excluding hydrogens is 344 g/mol. The molecule has 1 aliphatic rings. The van der Waals surface area contributed by atoms with Crippen LogP contribution in [0.1, 0.15) is 41.3 Å². The van der Waals surface area contributed by atoms with Gasteiger partial charge in [0.2, 0.25) is 0 Å². The third-order valence-electron chi connectivity index (χ3n) is 5.27. The molecule has 2 N–H and O–H groups in total. The number of hydrogen-bond acceptors (Lipinski definition) is 2. The summed E-state index contributed by atoms with van der Waals surface area (Å²) in [7, 11) is 0. The fraction of sp³-hybridized carbons (Fsp3) is 0.409. The number of carbonyl (C=O) groups is 1. The van der Waals surface area contributed by atoms with Gasteiger partial charge >= 0.3 is 0 Å². The monoisotopic (exact) mass is 372 g/mol. The van der Waals surface area contributed by atoms with Crippen molar-refractivity contribution in [2.75, 3.05) is 19.6 Å². The number of benzene rings is 2. The minimum Gasteiger partial charge on any atom is -0.351 e. The van der Waals surface area contributed by atoms with E-state index in [-0.39, 0.29) is 23.7 Å². The highest BCUT2D eigenvalue weighted by Gasteiger charge is 2.27. The van der Waals surface area contributed by atoms with E-state index in [0.717, 1.165) is 56.4 Å². The fourth-order valence-electron chi connectivity index (χ4n) is 3.48. The second-order valence-electron chi connectivity index (χ2n) is 7.39. The predicted octanol–water partition coefficient (Wildman–Crippen LogP) is 4.01. The molecule has 1 fully saturated rings. The van der Waals surface area contributed by atoms with Crippen molar-refractivity contribution < 1.29 is 4.79 Å². The minimum atomic E-state index is 0. The molecule has 0 atom stereocenters. The average Bonchev–Trinajstić information content (AvgIpc) is 2.66. The van der Waals surface area contributed by atoms with Crippen molar-refractivity contribution >= 4 is 18.3 Å². The van der Waals surface area contributed by atoms with E-state index < -0.39 is 0 Å². The van der Waals surface area contributed by atoms with Crippen molar-refractivity contribution in [2.24, 2.45) is 5.41 Å². The van der Waals surface area contributed by atoms with Crippen molar-refractivity contribution in [3.05, 3.63) is 71.3 Å². The van der Waals surface area contributed by atoms with Gasteiger partial charge in [-0.15, -0.1) is 12.4 Å². The molecule has 0 spiro atoms. The van der Waals surface area contributed by atoms with Crippen LogP contribution in [0, 0.1) is 5.41 Å². The molecule has 3 nitrogen and oxygen atoms in total. The quantitative estimate of drug-likeness (QED) is 0.804. The lowest BCUT2D eigenvalue weighted by molar-refractivity contribution is 0.0921. The first kappa shape index (κ1) is 20.5. The van der Waals surface area contributed by atoms with E-state index in [9.17, 15) is 4.79 Å². The van der Waals surface area contributed by atoms with Crippen LogP contribution in [0.25, 0.3) is 0 Å². The Morgan fingerprint density at radius 3 is 2.38 bits per heavy atom. The van der Waals surface area contributed by atoms with Crippen LogP contribution in [0.2, 0.25) is 0 Å². The van der Waals surface area contributed by atoms with Gasteiger partial charge in [-0.05, 0) is 61.4 Å². The number of hydrogen-bond donors (Lipinski definition) is 2. The number of halogens is 1. The first-order chi connectivity index (χ1) is 12.2. The molecule has 3 rings (SSSR count). The van der Waals surface area contributed by atoms with Crippen LogP contribution in [0.15, 0.2) is 54.6 Å². The highest BCUT2D eigenvalue weighted by molar-refractivity contribution is 5.95. The summed E-state index contributed by atoms with van der Waals surface area (Å²) in [5.41, 5.74) is 3.45. The van der Waals surface area contributed by atoms with E-state index in [1.54, 1.807) is 0 Å². The fourth-order valence-corrected chi connectivity index (χ4v) is 3.48. The number of aryl methyl sites for hydroxylation is 2. The smallest absolute Gasteiger partial charge is 0.251 e. The highest BCUT2D eigenvalue weighted by atomic mass is 35.5. The topological polar surface area (TPSA) is 41.1 Å². The van der Waals surface area contributed by atoms with Crippen molar-refractivity contribution in [1.29, 1.82) is 0 Å².